The largest absolute Gasteiger partial charge is 0.392 e. The smallest absolute Gasteiger partial charge is 0.300 e. The first-order chi connectivity index (χ1) is 10.9. The van der Waals surface area contributed by atoms with Crippen molar-refractivity contribution in [1.29, 1.82) is 0 Å². The van der Waals surface area contributed by atoms with Gasteiger partial charge in [0, 0.05) is 10.9 Å². The molecule has 0 saturated heterocycles. The molecule has 2 rings (SSSR count). The molecule has 0 radical (unpaired) electrons. The number of rotatable bonds is 6. The van der Waals surface area contributed by atoms with E-state index in [-0.39, 0.29) is 13.2 Å². The summed E-state index contributed by atoms with van der Waals surface area (Å²) in [6, 6.07) is 12.1. The summed E-state index contributed by atoms with van der Waals surface area (Å²) in [4.78, 5) is 13.0. The maximum Gasteiger partial charge on any atom is 0.300 e. The summed E-state index contributed by atoms with van der Waals surface area (Å²) in [6.07, 6.45) is 0. The molecule has 0 bridgehead atoms. The van der Waals surface area contributed by atoms with Gasteiger partial charge in [0.25, 0.3) is 5.52 Å². The van der Waals surface area contributed by atoms with Gasteiger partial charge < -0.3 is 9.63 Å². The summed E-state index contributed by atoms with van der Waals surface area (Å²) < 4.78 is 18.8. The zero-order chi connectivity index (χ0) is 17.0. The zero-order valence-electron chi connectivity index (χ0n) is 13.6. The van der Waals surface area contributed by atoms with Crippen LogP contribution in [0.5, 0.6) is 0 Å². The average molecular weight is 332 g/mol. The van der Waals surface area contributed by atoms with E-state index in [1.165, 1.54) is 0 Å². The van der Waals surface area contributed by atoms with Crippen LogP contribution >= 0.6 is 7.37 Å². The molecule has 23 heavy (non-hydrogen) atoms. The number of carbonyl (C=O) groups excluding carboxylic acids is 1. The first-order valence-electron chi connectivity index (χ1n) is 7.50. The molecule has 1 atom stereocenters. The minimum absolute atomic E-state index is 0.0992. The van der Waals surface area contributed by atoms with Gasteiger partial charge in [-0.15, -0.1) is 0 Å². The molecule has 0 aliphatic carbocycles. The summed E-state index contributed by atoms with van der Waals surface area (Å²) in [7, 11) is -3.66. The average Bonchev–Trinajstić information content (AvgIpc) is 2.54. The lowest BCUT2D eigenvalue weighted by atomic mass is 10.0. The molecule has 0 spiro atoms. The Bertz CT molecular complexity index is 730. The maximum atomic E-state index is 13.4. The van der Waals surface area contributed by atoms with E-state index < -0.39 is 12.9 Å². The summed E-state index contributed by atoms with van der Waals surface area (Å²) >= 11 is 0. The summed E-state index contributed by atoms with van der Waals surface area (Å²) in [6.45, 7) is 5.36. The Balaban J connectivity index is 2.58. The minimum atomic E-state index is -3.66. The van der Waals surface area contributed by atoms with Crippen LogP contribution in [0.3, 0.4) is 0 Å². The van der Waals surface area contributed by atoms with Crippen LogP contribution in [0.25, 0.3) is 0 Å². The van der Waals surface area contributed by atoms with Crippen molar-refractivity contribution in [3.05, 3.63) is 64.7 Å². The fourth-order valence-corrected chi connectivity index (χ4v) is 4.76. The summed E-state index contributed by atoms with van der Waals surface area (Å²) in [5.41, 5.74) is 2.01. The fourth-order valence-electron chi connectivity index (χ4n) is 2.69. The van der Waals surface area contributed by atoms with Gasteiger partial charge in [-0.05, 0) is 49.6 Å². The Morgan fingerprint density at radius 1 is 1.13 bits per heavy atom. The molecular formula is C18H21O4P. The van der Waals surface area contributed by atoms with Crippen LogP contribution < -0.4 is 5.30 Å². The van der Waals surface area contributed by atoms with Crippen LogP contribution in [0.1, 0.15) is 34.0 Å². The highest BCUT2D eigenvalue weighted by Crippen LogP contribution is 2.49. The normalized spacial score (nSPS) is 13.6. The second kappa shape index (κ2) is 7.22. The number of hydrogen-bond acceptors (Lipinski definition) is 4. The fraction of sp³-hybridized carbons (Fsp3) is 0.278. The first-order valence-corrected chi connectivity index (χ1v) is 9.12. The Morgan fingerprint density at radius 3 is 2.17 bits per heavy atom. The number of benzene rings is 2. The van der Waals surface area contributed by atoms with Crippen LogP contribution in [0.4, 0.5) is 0 Å². The van der Waals surface area contributed by atoms with E-state index in [0.29, 0.717) is 22.0 Å². The van der Waals surface area contributed by atoms with E-state index in [9.17, 15) is 14.5 Å². The lowest BCUT2D eigenvalue weighted by molar-refractivity contribution is 0.105. The third-order valence-corrected chi connectivity index (χ3v) is 6.02. The second-order valence-electron chi connectivity index (χ2n) is 5.37. The summed E-state index contributed by atoms with van der Waals surface area (Å²) in [5.74, 6) is 0. The van der Waals surface area contributed by atoms with Crippen molar-refractivity contribution < 1.29 is 19.0 Å². The van der Waals surface area contributed by atoms with Gasteiger partial charge in [0.15, 0.2) is 0 Å². The molecule has 0 aliphatic heterocycles. The van der Waals surface area contributed by atoms with Crippen molar-refractivity contribution in [2.75, 3.05) is 6.61 Å². The Hall–Kier alpha value is -1.74. The topological polar surface area (TPSA) is 63.6 Å². The van der Waals surface area contributed by atoms with Crippen LogP contribution in [0.2, 0.25) is 0 Å². The highest BCUT2D eigenvalue weighted by molar-refractivity contribution is 7.83. The van der Waals surface area contributed by atoms with Gasteiger partial charge >= 0.3 is 7.37 Å². The van der Waals surface area contributed by atoms with Gasteiger partial charge in [0.1, 0.15) is 0 Å². The number of aliphatic hydroxyl groups is 1. The van der Waals surface area contributed by atoms with Crippen molar-refractivity contribution in [3.8, 4) is 0 Å². The third kappa shape index (κ3) is 3.45. The molecule has 0 saturated carbocycles. The van der Waals surface area contributed by atoms with E-state index in [0.717, 1.165) is 5.56 Å². The molecule has 0 aliphatic rings. The molecule has 0 heterocycles. The van der Waals surface area contributed by atoms with E-state index >= 15 is 0 Å². The number of hydrogen-bond donors (Lipinski definition) is 1. The number of aliphatic hydroxyl groups excluding tert-OH is 1. The van der Waals surface area contributed by atoms with Gasteiger partial charge in [-0.3, -0.25) is 9.36 Å². The molecular weight excluding hydrogens is 311 g/mol. The van der Waals surface area contributed by atoms with E-state index in [1.54, 1.807) is 63.2 Å². The van der Waals surface area contributed by atoms with Crippen molar-refractivity contribution >= 4 is 18.2 Å². The minimum Gasteiger partial charge on any atom is -0.392 e. The zero-order valence-corrected chi connectivity index (χ0v) is 14.5. The molecule has 0 fully saturated rings. The molecule has 5 heteroatoms. The quantitative estimate of drug-likeness (QED) is 0.821. The Morgan fingerprint density at radius 2 is 1.70 bits per heavy atom. The Kier molecular flexibility index (Phi) is 5.53. The van der Waals surface area contributed by atoms with Crippen LogP contribution in [-0.2, 0) is 15.7 Å². The van der Waals surface area contributed by atoms with Gasteiger partial charge in [0.05, 0.1) is 13.2 Å². The second-order valence-corrected chi connectivity index (χ2v) is 7.66. The van der Waals surface area contributed by atoms with E-state index in [1.807, 2.05) is 0 Å². The van der Waals surface area contributed by atoms with Crippen LogP contribution in [0, 0.1) is 13.8 Å². The molecule has 1 N–H and O–H groups in total. The van der Waals surface area contributed by atoms with Crippen molar-refractivity contribution in [3.63, 3.8) is 0 Å². The van der Waals surface area contributed by atoms with Crippen LogP contribution in [0.15, 0.2) is 42.5 Å². The maximum absolute atomic E-state index is 13.4. The number of aryl methyl sites for hydroxylation is 2. The molecule has 4 nitrogen and oxygen atoms in total. The highest BCUT2D eigenvalue weighted by Gasteiger charge is 2.37. The lowest BCUT2D eigenvalue weighted by Gasteiger charge is -2.19. The highest BCUT2D eigenvalue weighted by atomic mass is 31.2. The molecule has 2 aromatic rings. The van der Waals surface area contributed by atoms with Gasteiger partial charge in [-0.2, -0.15) is 0 Å². The number of carbonyl (C=O) groups is 1. The summed E-state index contributed by atoms with van der Waals surface area (Å²) in [5, 5.41) is 9.67. The lowest BCUT2D eigenvalue weighted by Crippen LogP contribution is -2.17. The van der Waals surface area contributed by atoms with E-state index in [2.05, 4.69) is 0 Å². The van der Waals surface area contributed by atoms with Crippen LogP contribution in [-0.4, -0.2) is 17.2 Å². The van der Waals surface area contributed by atoms with Crippen molar-refractivity contribution in [2.45, 2.75) is 27.4 Å². The molecule has 2 aromatic carbocycles. The van der Waals surface area contributed by atoms with Gasteiger partial charge in [-0.25, -0.2) is 0 Å². The van der Waals surface area contributed by atoms with Gasteiger partial charge in [0.2, 0.25) is 0 Å². The first kappa shape index (κ1) is 17.6. The predicted molar refractivity (Wildman–Crippen MR) is 91.5 cm³/mol. The monoisotopic (exact) mass is 332 g/mol. The molecule has 1 unspecified atom stereocenters. The molecule has 122 valence electrons. The predicted octanol–water partition coefficient (Wildman–Crippen LogP) is 3.58. The third-order valence-electron chi connectivity index (χ3n) is 3.66. The molecule has 0 amide bonds. The standard InChI is InChI=1S/C18H21O4P/c1-4-22-23(21,16-8-6-5-7-9-16)18(20)17-13(2)10-15(12-19)11-14(17)3/h5-11,19H,4,12H2,1-3H3. The van der Waals surface area contributed by atoms with Crippen molar-refractivity contribution in [1.82, 2.24) is 0 Å². The van der Waals surface area contributed by atoms with Gasteiger partial charge in [-0.1, -0.05) is 30.3 Å². The molecule has 0 aromatic heterocycles. The SMILES string of the molecule is CCOP(=O)(C(=O)c1c(C)cc(CO)cc1C)c1ccccc1. The van der Waals surface area contributed by atoms with Crippen molar-refractivity contribution in [2.24, 2.45) is 0 Å². The van der Waals surface area contributed by atoms with E-state index in [4.69, 9.17) is 4.52 Å². The Labute approximate surface area is 136 Å².